The predicted octanol–water partition coefficient (Wildman–Crippen LogP) is 3.73. The van der Waals surface area contributed by atoms with Gasteiger partial charge in [-0.3, -0.25) is 14.2 Å². The number of anilines is 2. The third-order valence-corrected chi connectivity index (χ3v) is 6.52. The Kier molecular flexibility index (Phi) is 7.10. The number of morpholine rings is 1. The van der Waals surface area contributed by atoms with Crippen molar-refractivity contribution in [3.05, 3.63) is 59.7 Å². The summed E-state index contributed by atoms with van der Waals surface area (Å²) in [6, 6.07) is 15.1. The van der Waals surface area contributed by atoms with E-state index in [1.165, 1.54) is 18.7 Å². The molecule has 1 unspecified atom stereocenters. The number of rotatable bonds is 7. The molecule has 0 aliphatic carbocycles. The maximum atomic E-state index is 13.0. The lowest BCUT2D eigenvalue weighted by Crippen LogP contribution is -2.38. The summed E-state index contributed by atoms with van der Waals surface area (Å²) in [5.41, 5.74) is 3.06. The van der Waals surface area contributed by atoms with E-state index < -0.39 is 5.25 Å². The van der Waals surface area contributed by atoms with Gasteiger partial charge in [-0.05, 0) is 44.5 Å². The lowest BCUT2D eigenvalue weighted by atomic mass is 10.1. The van der Waals surface area contributed by atoms with Crippen LogP contribution in [0.1, 0.15) is 29.8 Å². The van der Waals surface area contributed by atoms with Crippen molar-refractivity contribution >= 4 is 35.1 Å². The fraction of sp³-hybridized carbons (Fsp3) is 0.333. The van der Waals surface area contributed by atoms with E-state index in [9.17, 15) is 9.59 Å². The normalized spacial score (nSPS) is 14.7. The Morgan fingerprint density at radius 3 is 2.48 bits per heavy atom. The molecule has 172 valence electrons. The lowest BCUT2D eigenvalue weighted by Gasteiger charge is -2.28. The molecular weight excluding hydrogens is 438 g/mol. The second kappa shape index (κ2) is 10.2. The summed E-state index contributed by atoms with van der Waals surface area (Å²) in [7, 11) is 0. The van der Waals surface area contributed by atoms with Gasteiger partial charge in [-0.25, -0.2) is 0 Å². The number of benzene rings is 2. The average molecular weight is 466 g/mol. The number of aromatic nitrogens is 3. The van der Waals surface area contributed by atoms with Gasteiger partial charge < -0.3 is 15.0 Å². The second-order valence-corrected chi connectivity index (χ2v) is 9.16. The second-order valence-electron chi connectivity index (χ2n) is 7.85. The van der Waals surface area contributed by atoms with Crippen molar-refractivity contribution in [1.82, 2.24) is 14.8 Å². The van der Waals surface area contributed by atoms with Crippen LogP contribution in [0.25, 0.3) is 5.69 Å². The van der Waals surface area contributed by atoms with Crippen LogP contribution in [0.3, 0.4) is 0 Å². The Balaban J connectivity index is 1.61. The molecule has 3 aromatic rings. The molecule has 0 bridgehead atoms. The largest absolute Gasteiger partial charge is 0.378 e. The van der Waals surface area contributed by atoms with Crippen LogP contribution in [-0.4, -0.2) is 58.0 Å². The highest BCUT2D eigenvalue weighted by Crippen LogP contribution is 2.31. The molecule has 9 heteroatoms. The Hall–Kier alpha value is -3.17. The van der Waals surface area contributed by atoms with Gasteiger partial charge in [-0.2, -0.15) is 0 Å². The van der Waals surface area contributed by atoms with Crippen molar-refractivity contribution in [2.24, 2.45) is 0 Å². The maximum absolute atomic E-state index is 13.0. The minimum absolute atomic E-state index is 0.0966. The monoisotopic (exact) mass is 465 g/mol. The van der Waals surface area contributed by atoms with Gasteiger partial charge in [0.25, 0.3) is 0 Å². The first-order chi connectivity index (χ1) is 16.0. The van der Waals surface area contributed by atoms with Crippen molar-refractivity contribution in [2.45, 2.75) is 31.2 Å². The third-order valence-electron chi connectivity index (χ3n) is 5.48. The Bertz CT molecular complexity index is 1160. The molecule has 1 aromatic heterocycles. The number of hydrogen-bond acceptors (Lipinski definition) is 7. The molecule has 33 heavy (non-hydrogen) atoms. The highest BCUT2D eigenvalue weighted by atomic mass is 32.2. The Labute approximate surface area is 197 Å². The van der Waals surface area contributed by atoms with Gasteiger partial charge in [-0.15, -0.1) is 10.2 Å². The van der Waals surface area contributed by atoms with Crippen molar-refractivity contribution in [2.75, 3.05) is 36.5 Å². The van der Waals surface area contributed by atoms with Crippen molar-refractivity contribution in [3.63, 3.8) is 0 Å². The highest BCUT2D eigenvalue weighted by Gasteiger charge is 2.26. The fourth-order valence-corrected chi connectivity index (χ4v) is 4.53. The number of hydrogen-bond donors (Lipinski definition) is 1. The van der Waals surface area contributed by atoms with E-state index in [1.807, 2.05) is 42.7 Å². The van der Waals surface area contributed by atoms with E-state index in [-0.39, 0.29) is 11.7 Å². The molecule has 1 N–H and O–H groups in total. The summed E-state index contributed by atoms with van der Waals surface area (Å²) in [4.78, 5) is 27.0. The number of thioether (sulfide) groups is 1. The van der Waals surface area contributed by atoms with Gasteiger partial charge in [0.1, 0.15) is 0 Å². The zero-order valence-corrected chi connectivity index (χ0v) is 19.8. The first kappa shape index (κ1) is 23.0. The first-order valence-electron chi connectivity index (χ1n) is 10.9. The predicted molar refractivity (Wildman–Crippen MR) is 130 cm³/mol. The van der Waals surface area contributed by atoms with Crippen LogP contribution in [0.15, 0.2) is 53.7 Å². The lowest BCUT2D eigenvalue weighted by molar-refractivity contribution is -0.115. The molecule has 2 aromatic carbocycles. The van der Waals surface area contributed by atoms with E-state index in [4.69, 9.17) is 4.74 Å². The van der Waals surface area contributed by atoms with Gasteiger partial charge in [-0.1, -0.05) is 42.1 Å². The van der Waals surface area contributed by atoms with Crippen molar-refractivity contribution < 1.29 is 14.3 Å². The van der Waals surface area contributed by atoms with Gasteiger partial charge in [0.15, 0.2) is 10.9 Å². The summed E-state index contributed by atoms with van der Waals surface area (Å²) in [6.07, 6.45) is 0. The summed E-state index contributed by atoms with van der Waals surface area (Å²) in [5.74, 6) is 0.436. The molecule has 0 saturated carbocycles. The Morgan fingerprint density at radius 1 is 1.06 bits per heavy atom. The number of nitrogens with one attached hydrogen (secondary N) is 1. The molecule has 1 saturated heterocycles. The number of ether oxygens (including phenoxy) is 1. The maximum Gasteiger partial charge on any atom is 0.237 e. The molecule has 1 atom stereocenters. The highest BCUT2D eigenvalue weighted by molar-refractivity contribution is 8.00. The molecule has 1 fully saturated rings. The number of nitrogens with zero attached hydrogens (tertiary/aromatic N) is 4. The zero-order valence-electron chi connectivity index (χ0n) is 18.9. The quantitative estimate of drug-likeness (QED) is 0.420. The van der Waals surface area contributed by atoms with Crippen LogP contribution in [0.2, 0.25) is 0 Å². The minimum atomic E-state index is -0.463. The Morgan fingerprint density at radius 2 is 1.76 bits per heavy atom. The van der Waals surface area contributed by atoms with Crippen LogP contribution in [0.5, 0.6) is 0 Å². The summed E-state index contributed by atoms with van der Waals surface area (Å²) in [5, 5.41) is 12.0. The molecule has 0 spiro atoms. The SMILES string of the molecule is CC(=O)c1ccccc1NC(=O)C(C)Sc1nnc(N2CCOCC2)n1-c1ccccc1C. The molecule has 0 radical (unpaired) electrons. The van der Waals surface area contributed by atoms with Gasteiger partial charge >= 0.3 is 0 Å². The molecule has 1 aliphatic rings. The number of carbonyl (C=O) groups excluding carboxylic acids is 2. The number of Topliss-reactive ketones (excluding diaryl/α,β-unsaturated/α-hetero) is 1. The van der Waals surface area contributed by atoms with Crippen LogP contribution in [0.4, 0.5) is 11.6 Å². The van der Waals surface area contributed by atoms with Crippen molar-refractivity contribution in [3.8, 4) is 5.69 Å². The van der Waals surface area contributed by atoms with Crippen LogP contribution in [-0.2, 0) is 9.53 Å². The van der Waals surface area contributed by atoms with Gasteiger partial charge in [0, 0.05) is 18.7 Å². The van der Waals surface area contributed by atoms with E-state index in [2.05, 4.69) is 20.4 Å². The van der Waals surface area contributed by atoms with Gasteiger partial charge in [0.05, 0.1) is 29.8 Å². The molecular formula is C24H27N5O3S. The molecule has 8 nitrogen and oxygen atoms in total. The smallest absolute Gasteiger partial charge is 0.237 e. The van der Waals surface area contributed by atoms with Crippen LogP contribution >= 0.6 is 11.8 Å². The number of carbonyl (C=O) groups is 2. The summed E-state index contributed by atoms with van der Waals surface area (Å²) < 4.78 is 7.51. The number of para-hydroxylation sites is 2. The standard InChI is InChI=1S/C24H27N5O3S/c1-16-8-4-7-11-21(16)29-23(28-12-14-32-15-13-28)26-27-24(29)33-18(3)22(31)25-20-10-6-5-9-19(20)17(2)30/h4-11,18H,12-15H2,1-3H3,(H,25,31). The van der Waals surface area contributed by atoms with Crippen LogP contribution < -0.4 is 10.2 Å². The number of ketones is 1. The molecule has 1 aliphatic heterocycles. The average Bonchev–Trinajstić information content (AvgIpc) is 3.23. The molecule has 2 heterocycles. The molecule has 4 rings (SSSR count). The number of amides is 1. The summed E-state index contributed by atoms with van der Waals surface area (Å²) >= 11 is 1.33. The van der Waals surface area contributed by atoms with Gasteiger partial charge in [0.2, 0.25) is 11.9 Å². The minimum Gasteiger partial charge on any atom is -0.378 e. The fourth-order valence-electron chi connectivity index (χ4n) is 3.68. The topological polar surface area (TPSA) is 89.3 Å². The van der Waals surface area contributed by atoms with E-state index in [0.717, 1.165) is 30.3 Å². The van der Waals surface area contributed by atoms with E-state index >= 15 is 0 Å². The van der Waals surface area contributed by atoms with Crippen molar-refractivity contribution in [1.29, 1.82) is 0 Å². The molecule has 1 amide bonds. The van der Waals surface area contributed by atoms with E-state index in [1.54, 1.807) is 24.3 Å². The number of aryl methyl sites for hydroxylation is 1. The van der Waals surface area contributed by atoms with E-state index in [0.29, 0.717) is 29.6 Å². The zero-order chi connectivity index (χ0) is 23.4. The first-order valence-corrected chi connectivity index (χ1v) is 11.7. The van der Waals surface area contributed by atoms with Crippen LogP contribution in [0, 0.1) is 6.92 Å². The third kappa shape index (κ3) is 5.09. The summed E-state index contributed by atoms with van der Waals surface area (Å²) in [6.45, 7) is 8.08.